The van der Waals surface area contributed by atoms with Crippen molar-refractivity contribution in [2.45, 2.75) is 19.3 Å². The Balaban J connectivity index is 1.82. The Hall–Kier alpha value is -1.84. The lowest BCUT2D eigenvalue weighted by Crippen LogP contribution is -2.33. The van der Waals surface area contributed by atoms with Gasteiger partial charge in [-0.3, -0.25) is 4.79 Å². The molecule has 126 valence electrons. The van der Waals surface area contributed by atoms with Gasteiger partial charge < -0.3 is 10.2 Å². The number of piperidine rings is 1. The van der Waals surface area contributed by atoms with Gasteiger partial charge in [0.25, 0.3) is 0 Å². The number of rotatable bonds is 4. The molecule has 3 rings (SSSR count). The first-order valence-corrected chi connectivity index (χ1v) is 8.85. The first-order valence-electron chi connectivity index (χ1n) is 8.47. The average Bonchev–Trinajstić information content (AvgIpc) is 2.62. The highest BCUT2D eigenvalue weighted by molar-refractivity contribution is 6.30. The van der Waals surface area contributed by atoms with Crippen molar-refractivity contribution in [1.29, 1.82) is 0 Å². The van der Waals surface area contributed by atoms with Crippen molar-refractivity contribution < 1.29 is 4.79 Å². The molecule has 24 heavy (non-hydrogen) atoms. The summed E-state index contributed by atoms with van der Waals surface area (Å²) in [6, 6.07) is 15.8. The SMILES string of the molecule is CN(C(=O)CC1CCNCC1)c1ccccc1-c1cccc(Cl)c1. The highest BCUT2D eigenvalue weighted by Gasteiger charge is 2.21. The van der Waals surface area contributed by atoms with Crippen molar-refractivity contribution in [3.63, 3.8) is 0 Å². The van der Waals surface area contributed by atoms with E-state index in [1.807, 2.05) is 55.6 Å². The van der Waals surface area contributed by atoms with E-state index in [1.54, 1.807) is 4.90 Å². The van der Waals surface area contributed by atoms with Gasteiger partial charge in [0.15, 0.2) is 0 Å². The van der Waals surface area contributed by atoms with Crippen LogP contribution >= 0.6 is 11.6 Å². The third-order valence-electron chi connectivity index (χ3n) is 4.70. The lowest BCUT2D eigenvalue weighted by Gasteiger charge is -2.26. The zero-order valence-electron chi connectivity index (χ0n) is 14.0. The molecule has 0 unspecified atom stereocenters. The van der Waals surface area contributed by atoms with Gasteiger partial charge in [-0.15, -0.1) is 0 Å². The summed E-state index contributed by atoms with van der Waals surface area (Å²) in [7, 11) is 1.87. The minimum absolute atomic E-state index is 0.177. The van der Waals surface area contributed by atoms with E-state index in [-0.39, 0.29) is 5.91 Å². The quantitative estimate of drug-likeness (QED) is 0.895. The van der Waals surface area contributed by atoms with Crippen molar-refractivity contribution in [1.82, 2.24) is 5.32 Å². The van der Waals surface area contributed by atoms with E-state index < -0.39 is 0 Å². The molecule has 3 nitrogen and oxygen atoms in total. The Morgan fingerprint density at radius 2 is 1.92 bits per heavy atom. The second kappa shape index (κ2) is 7.82. The fraction of sp³-hybridized carbons (Fsp3) is 0.350. The van der Waals surface area contributed by atoms with Gasteiger partial charge in [-0.05, 0) is 55.6 Å². The van der Waals surface area contributed by atoms with E-state index in [9.17, 15) is 4.79 Å². The summed E-state index contributed by atoms with van der Waals surface area (Å²) in [5.41, 5.74) is 2.99. The molecule has 0 bridgehead atoms. The Morgan fingerprint density at radius 3 is 2.67 bits per heavy atom. The number of benzene rings is 2. The van der Waals surface area contributed by atoms with Gasteiger partial charge in [-0.1, -0.05) is 41.9 Å². The topological polar surface area (TPSA) is 32.3 Å². The fourth-order valence-electron chi connectivity index (χ4n) is 3.27. The number of carbonyl (C=O) groups is 1. The summed E-state index contributed by atoms with van der Waals surface area (Å²) in [4.78, 5) is 14.5. The third-order valence-corrected chi connectivity index (χ3v) is 4.93. The lowest BCUT2D eigenvalue weighted by atomic mass is 9.94. The van der Waals surface area contributed by atoms with Gasteiger partial charge in [-0.25, -0.2) is 0 Å². The number of halogens is 1. The molecule has 0 aliphatic carbocycles. The van der Waals surface area contributed by atoms with E-state index in [2.05, 4.69) is 5.32 Å². The van der Waals surface area contributed by atoms with Gasteiger partial charge in [0.05, 0.1) is 5.69 Å². The summed E-state index contributed by atoms with van der Waals surface area (Å²) in [6.07, 6.45) is 2.77. The summed E-state index contributed by atoms with van der Waals surface area (Å²) in [5, 5.41) is 4.05. The van der Waals surface area contributed by atoms with E-state index in [0.29, 0.717) is 17.4 Å². The van der Waals surface area contributed by atoms with E-state index in [4.69, 9.17) is 11.6 Å². The molecule has 0 atom stereocenters. The predicted octanol–water partition coefficient (Wildman–Crippen LogP) is 4.36. The Kier molecular flexibility index (Phi) is 5.54. The number of anilines is 1. The van der Waals surface area contributed by atoms with Gasteiger partial charge in [0.1, 0.15) is 0 Å². The van der Waals surface area contributed by atoms with Crippen molar-refractivity contribution in [3.05, 3.63) is 53.6 Å². The van der Waals surface area contributed by atoms with Crippen LogP contribution < -0.4 is 10.2 Å². The van der Waals surface area contributed by atoms with Crippen LogP contribution in [-0.2, 0) is 4.79 Å². The molecule has 1 amide bonds. The predicted molar refractivity (Wildman–Crippen MR) is 101 cm³/mol. The Bertz CT molecular complexity index is 710. The van der Waals surface area contributed by atoms with Crippen molar-refractivity contribution >= 4 is 23.2 Å². The molecular weight excluding hydrogens is 320 g/mol. The maximum atomic E-state index is 12.7. The van der Waals surface area contributed by atoms with Crippen LogP contribution in [0.3, 0.4) is 0 Å². The van der Waals surface area contributed by atoms with Crippen LogP contribution in [0, 0.1) is 5.92 Å². The molecule has 1 N–H and O–H groups in total. The van der Waals surface area contributed by atoms with Crippen molar-refractivity contribution in [3.8, 4) is 11.1 Å². The average molecular weight is 343 g/mol. The second-order valence-electron chi connectivity index (χ2n) is 6.38. The van der Waals surface area contributed by atoms with Gasteiger partial charge in [0, 0.05) is 24.1 Å². The highest BCUT2D eigenvalue weighted by Crippen LogP contribution is 2.32. The second-order valence-corrected chi connectivity index (χ2v) is 6.81. The number of hydrogen-bond donors (Lipinski definition) is 1. The summed E-state index contributed by atoms with van der Waals surface area (Å²) >= 11 is 6.13. The molecule has 0 aromatic heterocycles. The molecular formula is C20H23ClN2O. The smallest absolute Gasteiger partial charge is 0.227 e. The molecule has 1 heterocycles. The number of carbonyl (C=O) groups excluding carboxylic acids is 1. The zero-order chi connectivity index (χ0) is 16.9. The fourth-order valence-corrected chi connectivity index (χ4v) is 3.46. The summed E-state index contributed by atoms with van der Waals surface area (Å²) in [6.45, 7) is 2.03. The van der Waals surface area contributed by atoms with Crippen molar-refractivity contribution in [2.24, 2.45) is 5.92 Å². The number of nitrogens with zero attached hydrogens (tertiary/aromatic N) is 1. The number of para-hydroxylation sites is 1. The normalized spacial score (nSPS) is 15.2. The summed E-state index contributed by atoms with van der Waals surface area (Å²) in [5.74, 6) is 0.663. The van der Waals surface area contributed by atoms with E-state index in [1.165, 1.54) is 0 Å². The maximum Gasteiger partial charge on any atom is 0.227 e. The minimum Gasteiger partial charge on any atom is -0.317 e. The molecule has 1 aliphatic rings. The van der Waals surface area contributed by atoms with E-state index in [0.717, 1.165) is 42.7 Å². The summed E-state index contributed by atoms with van der Waals surface area (Å²) < 4.78 is 0. The molecule has 0 spiro atoms. The van der Waals surface area contributed by atoms with Crippen LogP contribution in [0.4, 0.5) is 5.69 Å². The molecule has 0 saturated carbocycles. The number of amides is 1. The van der Waals surface area contributed by atoms with Crippen LogP contribution in [0.2, 0.25) is 5.02 Å². The molecule has 1 fully saturated rings. The van der Waals surface area contributed by atoms with Gasteiger partial charge in [0.2, 0.25) is 5.91 Å². The molecule has 2 aromatic rings. The first kappa shape index (κ1) is 17.0. The molecule has 4 heteroatoms. The molecule has 1 aliphatic heterocycles. The van der Waals surface area contributed by atoms with Gasteiger partial charge in [-0.2, -0.15) is 0 Å². The molecule has 0 radical (unpaired) electrons. The van der Waals surface area contributed by atoms with Crippen LogP contribution in [-0.4, -0.2) is 26.0 Å². The highest BCUT2D eigenvalue weighted by atomic mass is 35.5. The molecule has 2 aromatic carbocycles. The van der Waals surface area contributed by atoms with Gasteiger partial charge >= 0.3 is 0 Å². The monoisotopic (exact) mass is 342 g/mol. The van der Waals surface area contributed by atoms with Crippen LogP contribution in [0.15, 0.2) is 48.5 Å². The van der Waals surface area contributed by atoms with Crippen LogP contribution in [0.1, 0.15) is 19.3 Å². The lowest BCUT2D eigenvalue weighted by molar-refractivity contribution is -0.119. The van der Waals surface area contributed by atoms with Crippen LogP contribution in [0.5, 0.6) is 0 Å². The Labute approximate surface area is 148 Å². The first-order chi connectivity index (χ1) is 11.6. The maximum absolute atomic E-state index is 12.7. The molecule has 1 saturated heterocycles. The third kappa shape index (κ3) is 3.97. The van der Waals surface area contributed by atoms with E-state index >= 15 is 0 Å². The standard InChI is InChI=1S/C20H23ClN2O/c1-23(20(24)13-15-9-11-22-12-10-15)19-8-3-2-7-18(19)16-5-4-6-17(21)14-16/h2-8,14-15,22H,9-13H2,1H3. The van der Waals surface area contributed by atoms with Crippen molar-refractivity contribution in [2.75, 3.05) is 25.0 Å². The minimum atomic E-state index is 0.177. The number of hydrogen-bond acceptors (Lipinski definition) is 2. The number of nitrogens with one attached hydrogen (secondary N) is 1. The van der Waals surface area contributed by atoms with Crippen LogP contribution in [0.25, 0.3) is 11.1 Å². The zero-order valence-corrected chi connectivity index (χ0v) is 14.7. The largest absolute Gasteiger partial charge is 0.317 e. The Morgan fingerprint density at radius 1 is 1.17 bits per heavy atom.